The maximum Gasteiger partial charge on any atom is 0.357 e. The Balaban J connectivity index is 2.49. The van der Waals surface area contributed by atoms with Gasteiger partial charge in [-0.05, 0) is 43.7 Å². The van der Waals surface area contributed by atoms with E-state index in [4.69, 9.17) is 13.8 Å². The number of anilines is 1. The molecule has 152 valence electrons. The summed E-state index contributed by atoms with van der Waals surface area (Å²) in [7, 11) is -2.25. The largest absolute Gasteiger partial charge is 0.506 e. The van der Waals surface area contributed by atoms with Crippen LogP contribution < -0.4 is 10.1 Å². The van der Waals surface area contributed by atoms with Crippen molar-refractivity contribution in [2.24, 2.45) is 0 Å². The summed E-state index contributed by atoms with van der Waals surface area (Å²) in [6, 6.07) is 10.2. The van der Waals surface area contributed by atoms with Gasteiger partial charge in [-0.2, -0.15) is 0 Å². The third-order valence-electron chi connectivity index (χ3n) is 3.85. The summed E-state index contributed by atoms with van der Waals surface area (Å²) in [5.41, 5.74) is 0.632. The zero-order valence-electron chi connectivity index (χ0n) is 15.8. The zero-order chi connectivity index (χ0) is 20.7. The summed E-state index contributed by atoms with van der Waals surface area (Å²) in [5, 5.41) is 24.2. The number of rotatable bonds is 10. The van der Waals surface area contributed by atoms with E-state index >= 15 is 0 Å². The van der Waals surface area contributed by atoms with Crippen LogP contribution in [0.3, 0.4) is 0 Å². The van der Waals surface area contributed by atoms with Gasteiger partial charge in [0.05, 0.1) is 30.9 Å². The lowest BCUT2D eigenvalue weighted by Crippen LogP contribution is -2.15. The lowest BCUT2D eigenvalue weighted by atomic mass is 10.2. The average Bonchev–Trinajstić information content (AvgIpc) is 2.67. The van der Waals surface area contributed by atoms with Crippen LogP contribution in [0.2, 0.25) is 0 Å². The summed E-state index contributed by atoms with van der Waals surface area (Å²) in [5.74, 6) is -0.661. The number of aromatic hydroxyl groups is 1. The van der Waals surface area contributed by atoms with Crippen LogP contribution in [0.4, 0.5) is 11.4 Å². The molecule has 2 aromatic rings. The molecule has 0 aliphatic carbocycles. The van der Waals surface area contributed by atoms with Crippen LogP contribution in [-0.2, 0) is 13.6 Å². The molecule has 0 aliphatic heterocycles. The molecule has 2 aromatic carbocycles. The molecular formula is C18H23N2O7P. The van der Waals surface area contributed by atoms with Gasteiger partial charge in [-0.15, -0.1) is 0 Å². The molecular weight excluding hydrogens is 387 g/mol. The molecule has 0 fully saturated rings. The monoisotopic (exact) mass is 410 g/mol. The van der Waals surface area contributed by atoms with Crippen LogP contribution in [0.25, 0.3) is 0 Å². The Morgan fingerprint density at radius 1 is 1.14 bits per heavy atom. The van der Waals surface area contributed by atoms with Crippen LogP contribution in [0.1, 0.15) is 25.2 Å². The van der Waals surface area contributed by atoms with Crippen molar-refractivity contribution in [3.8, 4) is 11.5 Å². The highest BCUT2D eigenvalue weighted by molar-refractivity contribution is 7.54. The molecule has 0 radical (unpaired) electrons. The molecule has 0 aromatic heterocycles. The SMILES string of the molecule is CCOP(=O)(OCC)C(Nc1ccc(OC)cc1O)c1ccc([N+](=O)[O-])cc1. The van der Waals surface area contributed by atoms with Crippen molar-refractivity contribution in [3.63, 3.8) is 0 Å². The van der Waals surface area contributed by atoms with Gasteiger partial charge in [0, 0.05) is 18.2 Å². The van der Waals surface area contributed by atoms with Crippen molar-refractivity contribution in [1.29, 1.82) is 0 Å². The quantitative estimate of drug-likeness (QED) is 0.251. The first-order chi connectivity index (χ1) is 13.3. The normalized spacial score (nSPS) is 12.4. The number of phenolic OH excluding ortho intramolecular Hbond substituents is 1. The molecule has 10 heteroatoms. The highest BCUT2D eigenvalue weighted by Crippen LogP contribution is 2.61. The maximum atomic E-state index is 13.4. The van der Waals surface area contributed by atoms with Gasteiger partial charge in [0.1, 0.15) is 11.5 Å². The molecule has 0 heterocycles. The summed E-state index contributed by atoms with van der Waals surface area (Å²) in [4.78, 5) is 10.4. The molecule has 2 rings (SSSR count). The Morgan fingerprint density at radius 3 is 2.21 bits per heavy atom. The number of nitro benzene ring substituents is 1. The fourth-order valence-corrected chi connectivity index (χ4v) is 4.50. The minimum absolute atomic E-state index is 0.0996. The van der Waals surface area contributed by atoms with Crippen LogP contribution in [-0.4, -0.2) is 30.4 Å². The first kappa shape index (κ1) is 21.7. The molecule has 0 saturated carbocycles. The van der Waals surface area contributed by atoms with Crippen LogP contribution in [0.5, 0.6) is 11.5 Å². The third-order valence-corrected chi connectivity index (χ3v) is 6.15. The van der Waals surface area contributed by atoms with Gasteiger partial charge in [-0.25, -0.2) is 0 Å². The molecule has 28 heavy (non-hydrogen) atoms. The lowest BCUT2D eigenvalue weighted by Gasteiger charge is -2.28. The van der Waals surface area contributed by atoms with Gasteiger partial charge in [0.25, 0.3) is 5.69 Å². The number of non-ortho nitro benzene ring substituents is 1. The van der Waals surface area contributed by atoms with Crippen molar-refractivity contribution in [3.05, 3.63) is 58.1 Å². The van der Waals surface area contributed by atoms with Gasteiger partial charge in [-0.3, -0.25) is 14.7 Å². The molecule has 0 aliphatic rings. The number of nitrogens with zero attached hydrogens (tertiary/aromatic N) is 1. The van der Waals surface area contributed by atoms with Crippen molar-refractivity contribution < 1.29 is 28.4 Å². The second-order valence-electron chi connectivity index (χ2n) is 5.65. The van der Waals surface area contributed by atoms with Crippen molar-refractivity contribution >= 4 is 19.0 Å². The minimum atomic E-state index is -3.72. The number of benzene rings is 2. The summed E-state index contributed by atoms with van der Waals surface area (Å²) >= 11 is 0. The van der Waals surface area contributed by atoms with E-state index in [0.29, 0.717) is 11.3 Å². The zero-order valence-corrected chi connectivity index (χ0v) is 16.7. The Kier molecular flexibility index (Phi) is 7.39. The average molecular weight is 410 g/mol. The fraction of sp³-hybridized carbons (Fsp3) is 0.333. The van der Waals surface area contributed by atoms with E-state index in [1.54, 1.807) is 26.0 Å². The number of phenols is 1. The van der Waals surface area contributed by atoms with E-state index in [2.05, 4.69) is 5.32 Å². The van der Waals surface area contributed by atoms with Crippen molar-refractivity contribution in [1.82, 2.24) is 0 Å². The Hall–Kier alpha value is -2.61. The van der Waals surface area contributed by atoms with Crippen molar-refractivity contribution in [2.45, 2.75) is 19.6 Å². The highest BCUT2D eigenvalue weighted by Gasteiger charge is 2.37. The predicted octanol–water partition coefficient (Wildman–Crippen LogP) is 4.69. The summed E-state index contributed by atoms with van der Waals surface area (Å²) in [6.45, 7) is 3.64. The molecule has 0 spiro atoms. The molecule has 0 saturated heterocycles. The minimum Gasteiger partial charge on any atom is -0.506 e. The van der Waals surface area contributed by atoms with E-state index in [0.717, 1.165) is 0 Å². The second kappa shape index (κ2) is 9.54. The number of hydrogen-bond acceptors (Lipinski definition) is 8. The molecule has 0 bridgehead atoms. The second-order valence-corrected chi connectivity index (χ2v) is 7.77. The first-order valence-corrected chi connectivity index (χ1v) is 10.2. The van der Waals surface area contributed by atoms with E-state index in [-0.39, 0.29) is 30.3 Å². The first-order valence-electron chi connectivity index (χ1n) is 8.61. The number of ether oxygens (including phenoxy) is 1. The Labute approximate surface area is 162 Å². The topological polar surface area (TPSA) is 120 Å². The summed E-state index contributed by atoms with van der Waals surface area (Å²) < 4.78 is 29.4. The predicted molar refractivity (Wildman–Crippen MR) is 105 cm³/mol. The third kappa shape index (κ3) is 5.01. The van der Waals surface area contributed by atoms with E-state index in [1.807, 2.05) is 0 Å². The number of nitro groups is 1. The van der Waals surface area contributed by atoms with E-state index < -0.39 is 18.3 Å². The van der Waals surface area contributed by atoms with Gasteiger partial charge in [0.15, 0.2) is 5.78 Å². The van der Waals surface area contributed by atoms with Gasteiger partial charge in [0.2, 0.25) is 0 Å². The molecule has 1 atom stereocenters. The van der Waals surface area contributed by atoms with E-state index in [1.165, 1.54) is 37.4 Å². The van der Waals surface area contributed by atoms with Crippen LogP contribution in [0.15, 0.2) is 42.5 Å². The van der Waals surface area contributed by atoms with Crippen LogP contribution >= 0.6 is 7.60 Å². The Morgan fingerprint density at radius 2 is 1.75 bits per heavy atom. The van der Waals surface area contributed by atoms with Crippen molar-refractivity contribution in [2.75, 3.05) is 25.6 Å². The number of methoxy groups -OCH3 is 1. The standard InChI is InChI=1S/C18H23N2O7P/c1-4-26-28(24,27-5-2)18(13-6-8-14(9-7-13)20(22)23)19-16-11-10-15(25-3)12-17(16)21/h6-12,18-19,21H,4-5H2,1-3H3. The number of nitrogens with one attached hydrogen (secondary N) is 1. The molecule has 9 nitrogen and oxygen atoms in total. The van der Waals surface area contributed by atoms with E-state index in [9.17, 15) is 19.8 Å². The lowest BCUT2D eigenvalue weighted by molar-refractivity contribution is -0.384. The highest BCUT2D eigenvalue weighted by atomic mass is 31.2. The molecule has 0 amide bonds. The maximum absolute atomic E-state index is 13.4. The Bertz CT molecular complexity index is 848. The molecule has 1 unspecified atom stereocenters. The van der Waals surface area contributed by atoms with Gasteiger partial charge < -0.3 is 24.2 Å². The molecule has 2 N–H and O–H groups in total. The smallest absolute Gasteiger partial charge is 0.357 e. The van der Waals surface area contributed by atoms with Gasteiger partial charge in [-0.1, -0.05) is 0 Å². The summed E-state index contributed by atoms with van der Waals surface area (Å²) in [6.07, 6.45) is 0. The van der Waals surface area contributed by atoms with Gasteiger partial charge >= 0.3 is 7.60 Å². The van der Waals surface area contributed by atoms with Crippen LogP contribution in [0, 0.1) is 10.1 Å². The number of hydrogen-bond donors (Lipinski definition) is 2. The fourth-order valence-electron chi connectivity index (χ4n) is 2.58.